The van der Waals surface area contributed by atoms with Crippen LogP contribution in [0.5, 0.6) is 5.75 Å². The SMILES string of the molecule is COc1ccccc1-c1cc(NC(C)=O)n[nH]1. The van der Waals surface area contributed by atoms with Crippen LogP contribution in [0, 0.1) is 0 Å². The van der Waals surface area contributed by atoms with E-state index in [1.807, 2.05) is 24.3 Å². The number of H-pyrrole nitrogens is 1. The molecule has 88 valence electrons. The molecule has 17 heavy (non-hydrogen) atoms. The molecule has 0 spiro atoms. The second-order valence-corrected chi connectivity index (χ2v) is 3.55. The number of methoxy groups -OCH3 is 1. The van der Waals surface area contributed by atoms with Gasteiger partial charge in [-0.3, -0.25) is 9.89 Å². The summed E-state index contributed by atoms with van der Waals surface area (Å²) in [5.41, 5.74) is 1.70. The maximum atomic E-state index is 10.9. The smallest absolute Gasteiger partial charge is 0.222 e. The van der Waals surface area contributed by atoms with E-state index in [0.717, 1.165) is 17.0 Å². The first-order valence-electron chi connectivity index (χ1n) is 5.17. The molecule has 5 nitrogen and oxygen atoms in total. The summed E-state index contributed by atoms with van der Waals surface area (Å²) in [4.78, 5) is 10.9. The Balaban J connectivity index is 2.33. The number of benzene rings is 1. The van der Waals surface area contributed by atoms with Gasteiger partial charge in [-0.1, -0.05) is 12.1 Å². The second kappa shape index (κ2) is 4.69. The minimum Gasteiger partial charge on any atom is -0.496 e. The number of amides is 1. The highest BCUT2D eigenvalue weighted by molar-refractivity contribution is 5.88. The molecule has 2 aromatic rings. The van der Waals surface area contributed by atoms with Crippen molar-refractivity contribution in [3.05, 3.63) is 30.3 Å². The Bertz CT molecular complexity index is 534. The molecule has 2 N–H and O–H groups in total. The van der Waals surface area contributed by atoms with Crippen LogP contribution in [0.25, 0.3) is 11.3 Å². The summed E-state index contributed by atoms with van der Waals surface area (Å²) < 4.78 is 5.25. The first kappa shape index (κ1) is 11.2. The van der Waals surface area contributed by atoms with Crippen LogP contribution in [0.3, 0.4) is 0 Å². The molecule has 0 aliphatic rings. The Hall–Kier alpha value is -2.30. The molecule has 1 aromatic carbocycles. The number of nitrogens with zero attached hydrogens (tertiary/aromatic N) is 1. The predicted molar refractivity (Wildman–Crippen MR) is 64.9 cm³/mol. The van der Waals surface area contributed by atoms with Gasteiger partial charge in [0.2, 0.25) is 5.91 Å². The van der Waals surface area contributed by atoms with Gasteiger partial charge in [-0.2, -0.15) is 5.10 Å². The standard InChI is InChI=1S/C12H13N3O2/c1-8(16)13-12-7-10(14-15-12)9-5-3-4-6-11(9)17-2/h3-7H,1-2H3,(H2,13,14,15,16). The highest BCUT2D eigenvalue weighted by Crippen LogP contribution is 2.29. The van der Waals surface area contributed by atoms with Crippen LogP contribution in [0.1, 0.15) is 6.92 Å². The van der Waals surface area contributed by atoms with E-state index in [1.54, 1.807) is 13.2 Å². The molecular formula is C12H13N3O2. The van der Waals surface area contributed by atoms with Crippen molar-refractivity contribution in [3.63, 3.8) is 0 Å². The molecule has 1 amide bonds. The Kier molecular flexibility index (Phi) is 3.09. The second-order valence-electron chi connectivity index (χ2n) is 3.55. The molecule has 0 saturated heterocycles. The fourth-order valence-corrected chi connectivity index (χ4v) is 1.57. The van der Waals surface area contributed by atoms with Gasteiger partial charge in [-0.05, 0) is 12.1 Å². The molecule has 0 aliphatic heterocycles. The summed E-state index contributed by atoms with van der Waals surface area (Å²) in [6, 6.07) is 9.36. The van der Waals surface area contributed by atoms with Crippen molar-refractivity contribution in [2.75, 3.05) is 12.4 Å². The molecule has 1 heterocycles. The first-order chi connectivity index (χ1) is 8.20. The van der Waals surface area contributed by atoms with Gasteiger partial charge >= 0.3 is 0 Å². The summed E-state index contributed by atoms with van der Waals surface area (Å²) in [7, 11) is 1.62. The number of nitrogens with one attached hydrogen (secondary N) is 2. The summed E-state index contributed by atoms with van der Waals surface area (Å²) in [6.45, 7) is 1.44. The minimum atomic E-state index is -0.150. The number of ether oxygens (including phenoxy) is 1. The van der Waals surface area contributed by atoms with Crippen LogP contribution in [-0.4, -0.2) is 23.2 Å². The monoisotopic (exact) mass is 231 g/mol. The van der Waals surface area contributed by atoms with E-state index < -0.39 is 0 Å². The van der Waals surface area contributed by atoms with Crippen LogP contribution >= 0.6 is 0 Å². The topological polar surface area (TPSA) is 67.0 Å². The number of para-hydroxylation sites is 1. The average molecular weight is 231 g/mol. The fraction of sp³-hybridized carbons (Fsp3) is 0.167. The minimum absolute atomic E-state index is 0.150. The van der Waals surface area contributed by atoms with Gasteiger partial charge in [0.25, 0.3) is 0 Å². The molecule has 0 unspecified atom stereocenters. The Morgan fingerprint density at radius 1 is 1.41 bits per heavy atom. The van der Waals surface area contributed by atoms with E-state index in [4.69, 9.17) is 4.74 Å². The molecule has 0 saturated carbocycles. The molecule has 1 aromatic heterocycles. The molecule has 0 bridgehead atoms. The number of rotatable bonds is 3. The van der Waals surface area contributed by atoms with Crippen molar-refractivity contribution in [1.82, 2.24) is 10.2 Å². The van der Waals surface area contributed by atoms with Gasteiger partial charge in [0, 0.05) is 18.6 Å². The first-order valence-corrected chi connectivity index (χ1v) is 5.17. The van der Waals surface area contributed by atoms with Crippen molar-refractivity contribution in [3.8, 4) is 17.0 Å². The van der Waals surface area contributed by atoms with Crippen molar-refractivity contribution in [1.29, 1.82) is 0 Å². The number of aromatic amines is 1. The third kappa shape index (κ3) is 2.44. The lowest BCUT2D eigenvalue weighted by Gasteiger charge is -2.04. The molecular weight excluding hydrogens is 218 g/mol. The lowest BCUT2D eigenvalue weighted by atomic mass is 10.1. The van der Waals surface area contributed by atoms with Crippen LogP contribution in [0.15, 0.2) is 30.3 Å². The normalized spacial score (nSPS) is 10.0. The van der Waals surface area contributed by atoms with E-state index in [2.05, 4.69) is 15.5 Å². The third-order valence-electron chi connectivity index (χ3n) is 2.28. The third-order valence-corrected chi connectivity index (χ3v) is 2.28. The Morgan fingerprint density at radius 2 is 2.18 bits per heavy atom. The summed E-state index contributed by atoms with van der Waals surface area (Å²) in [6.07, 6.45) is 0. The lowest BCUT2D eigenvalue weighted by Crippen LogP contribution is -2.05. The van der Waals surface area contributed by atoms with Gasteiger partial charge in [0.15, 0.2) is 5.82 Å². The molecule has 0 fully saturated rings. The number of carbonyl (C=O) groups excluding carboxylic acids is 1. The molecule has 5 heteroatoms. The van der Waals surface area contributed by atoms with Crippen molar-refractivity contribution in [2.24, 2.45) is 0 Å². The number of hydrogen-bond donors (Lipinski definition) is 2. The number of carbonyl (C=O) groups is 1. The quantitative estimate of drug-likeness (QED) is 0.849. The molecule has 0 aliphatic carbocycles. The van der Waals surface area contributed by atoms with Crippen LogP contribution in [0.2, 0.25) is 0 Å². The number of aromatic nitrogens is 2. The molecule has 2 rings (SSSR count). The fourth-order valence-electron chi connectivity index (χ4n) is 1.57. The van der Waals surface area contributed by atoms with E-state index >= 15 is 0 Å². The average Bonchev–Trinajstić information content (AvgIpc) is 2.76. The van der Waals surface area contributed by atoms with Gasteiger partial charge in [0.05, 0.1) is 12.8 Å². The summed E-state index contributed by atoms with van der Waals surface area (Å²) >= 11 is 0. The van der Waals surface area contributed by atoms with Crippen molar-refractivity contribution >= 4 is 11.7 Å². The number of anilines is 1. The van der Waals surface area contributed by atoms with Crippen LogP contribution in [-0.2, 0) is 4.79 Å². The number of hydrogen-bond acceptors (Lipinski definition) is 3. The molecule has 0 radical (unpaired) electrons. The largest absolute Gasteiger partial charge is 0.496 e. The predicted octanol–water partition coefficient (Wildman–Crippen LogP) is 2.04. The van der Waals surface area contributed by atoms with Crippen molar-refractivity contribution < 1.29 is 9.53 Å². The lowest BCUT2D eigenvalue weighted by molar-refractivity contribution is -0.114. The van der Waals surface area contributed by atoms with E-state index in [9.17, 15) is 4.79 Å². The molecule has 0 atom stereocenters. The van der Waals surface area contributed by atoms with E-state index in [1.165, 1.54) is 6.92 Å². The van der Waals surface area contributed by atoms with Crippen molar-refractivity contribution in [2.45, 2.75) is 6.92 Å². The van der Waals surface area contributed by atoms with Gasteiger partial charge < -0.3 is 10.1 Å². The van der Waals surface area contributed by atoms with E-state index in [-0.39, 0.29) is 5.91 Å². The zero-order valence-corrected chi connectivity index (χ0v) is 9.65. The zero-order chi connectivity index (χ0) is 12.3. The summed E-state index contributed by atoms with van der Waals surface area (Å²) in [5, 5.41) is 9.46. The zero-order valence-electron chi connectivity index (χ0n) is 9.65. The van der Waals surface area contributed by atoms with Gasteiger partial charge in [-0.25, -0.2) is 0 Å². The van der Waals surface area contributed by atoms with E-state index in [0.29, 0.717) is 5.82 Å². The van der Waals surface area contributed by atoms with Gasteiger partial charge in [0.1, 0.15) is 5.75 Å². The Labute approximate surface area is 98.8 Å². The van der Waals surface area contributed by atoms with Crippen LogP contribution in [0.4, 0.5) is 5.82 Å². The highest BCUT2D eigenvalue weighted by atomic mass is 16.5. The maximum Gasteiger partial charge on any atom is 0.222 e. The highest BCUT2D eigenvalue weighted by Gasteiger charge is 2.08. The Morgan fingerprint density at radius 3 is 2.88 bits per heavy atom. The summed E-state index contributed by atoms with van der Waals surface area (Å²) in [5.74, 6) is 1.10. The maximum absolute atomic E-state index is 10.9. The van der Waals surface area contributed by atoms with Crippen LogP contribution < -0.4 is 10.1 Å². The van der Waals surface area contributed by atoms with Gasteiger partial charge in [-0.15, -0.1) is 0 Å².